The van der Waals surface area contributed by atoms with Gasteiger partial charge in [-0.1, -0.05) is 13.8 Å². The summed E-state index contributed by atoms with van der Waals surface area (Å²) in [6.45, 7) is 9.72. The Kier molecular flexibility index (Phi) is 8.11. The maximum Gasteiger partial charge on any atom is 0.324 e. The number of hydrogen-bond acceptors (Lipinski definition) is 5. The lowest BCUT2D eigenvalue weighted by Crippen LogP contribution is -2.49. The normalized spacial score (nSPS) is 21.2. The van der Waals surface area contributed by atoms with Crippen molar-refractivity contribution >= 4 is 5.97 Å². The lowest BCUT2D eigenvalue weighted by atomic mass is 10.0. The van der Waals surface area contributed by atoms with E-state index >= 15 is 0 Å². The Hall–Kier alpha value is -0.650. The predicted octanol–water partition coefficient (Wildman–Crippen LogP) is 1.27. The zero-order chi connectivity index (χ0) is 15.0. The Bertz CT molecular complexity index is 278. The van der Waals surface area contributed by atoms with Gasteiger partial charge in [-0.05, 0) is 32.7 Å². The molecule has 1 heterocycles. The summed E-state index contributed by atoms with van der Waals surface area (Å²) < 4.78 is 10.6. The molecule has 2 unspecified atom stereocenters. The molecule has 0 aliphatic carbocycles. The molecule has 1 N–H and O–H groups in total. The van der Waals surface area contributed by atoms with Crippen LogP contribution in [-0.2, 0) is 14.3 Å². The second-order valence-electron chi connectivity index (χ2n) is 5.93. The fourth-order valence-electron chi connectivity index (χ4n) is 2.62. The molecule has 0 radical (unpaired) electrons. The molecule has 118 valence electrons. The third-order valence-corrected chi connectivity index (χ3v) is 3.42. The van der Waals surface area contributed by atoms with E-state index in [1.54, 1.807) is 0 Å². The van der Waals surface area contributed by atoms with Gasteiger partial charge in [-0.15, -0.1) is 0 Å². The van der Waals surface area contributed by atoms with Gasteiger partial charge in [0.1, 0.15) is 6.04 Å². The minimum atomic E-state index is -0.260. The topological polar surface area (TPSA) is 50.8 Å². The molecule has 0 aromatic rings. The lowest BCUT2D eigenvalue weighted by Gasteiger charge is -2.30. The van der Waals surface area contributed by atoms with Gasteiger partial charge in [-0.25, -0.2) is 0 Å². The average molecular weight is 286 g/mol. The standard InChI is InChI=1S/C15H30N2O3/c1-5-20-15(18)14(16-12(2)3)10-17(4)9-13-7-6-8-19-11-13/h12-14,16H,5-11H2,1-4H3. The number of carbonyl (C=O) groups is 1. The summed E-state index contributed by atoms with van der Waals surface area (Å²) in [7, 11) is 2.06. The van der Waals surface area contributed by atoms with E-state index in [-0.39, 0.29) is 18.1 Å². The molecule has 20 heavy (non-hydrogen) atoms. The van der Waals surface area contributed by atoms with Crippen LogP contribution in [0, 0.1) is 5.92 Å². The van der Waals surface area contributed by atoms with Crippen LogP contribution in [0.25, 0.3) is 0 Å². The fraction of sp³-hybridized carbons (Fsp3) is 0.933. The van der Waals surface area contributed by atoms with Gasteiger partial charge in [0.05, 0.1) is 13.2 Å². The molecule has 0 spiro atoms. The van der Waals surface area contributed by atoms with Gasteiger partial charge < -0.3 is 19.7 Å². The monoisotopic (exact) mass is 286 g/mol. The maximum atomic E-state index is 12.0. The van der Waals surface area contributed by atoms with Crippen LogP contribution < -0.4 is 5.32 Å². The number of nitrogens with one attached hydrogen (secondary N) is 1. The summed E-state index contributed by atoms with van der Waals surface area (Å²) in [5.74, 6) is 0.420. The number of nitrogens with zero attached hydrogens (tertiary/aromatic N) is 1. The Morgan fingerprint density at radius 3 is 2.80 bits per heavy atom. The average Bonchev–Trinajstić information content (AvgIpc) is 2.38. The third-order valence-electron chi connectivity index (χ3n) is 3.42. The van der Waals surface area contributed by atoms with E-state index < -0.39 is 0 Å². The molecular formula is C15H30N2O3. The van der Waals surface area contributed by atoms with Crippen LogP contribution >= 0.6 is 0 Å². The minimum absolute atomic E-state index is 0.159. The van der Waals surface area contributed by atoms with Crippen molar-refractivity contribution in [1.82, 2.24) is 10.2 Å². The number of rotatable bonds is 8. The van der Waals surface area contributed by atoms with Gasteiger partial charge in [-0.2, -0.15) is 0 Å². The van der Waals surface area contributed by atoms with Crippen LogP contribution in [0.5, 0.6) is 0 Å². The summed E-state index contributed by atoms with van der Waals surface area (Å²) in [6.07, 6.45) is 2.36. The number of carbonyl (C=O) groups excluding carboxylic acids is 1. The number of hydrogen-bond donors (Lipinski definition) is 1. The summed E-state index contributed by atoms with van der Waals surface area (Å²) in [6, 6.07) is 0.000258. The van der Waals surface area contributed by atoms with E-state index in [1.807, 2.05) is 20.8 Å². The first-order valence-electron chi connectivity index (χ1n) is 7.71. The minimum Gasteiger partial charge on any atom is -0.465 e. The van der Waals surface area contributed by atoms with Crippen molar-refractivity contribution in [3.05, 3.63) is 0 Å². The van der Waals surface area contributed by atoms with Crippen LogP contribution in [0.15, 0.2) is 0 Å². The van der Waals surface area contributed by atoms with E-state index in [0.29, 0.717) is 19.1 Å². The van der Waals surface area contributed by atoms with Crippen molar-refractivity contribution in [2.24, 2.45) is 5.92 Å². The van der Waals surface area contributed by atoms with Crippen molar-refractivity contribution in [2.45, 2.75) is 45.7 Å². The summed E-state index contributed by atoms with van der Waals surface area (Å²) in [4.78, 5) is 14.2. The molecule has 1 aliphatic rings. The maximum absolute atomic E-state index is 12.0. The van der Waals surface area contributed by atoms with Crippen molar-refractivity contribution in [3.63, 3.8) is 0 Å². The predicted molar refractivity (Wildman–Crippen MR) is 79.7 cm³/mol. The van der Waals surface area contributed by atoms with E-state index in [9.17, 15) is 4.79 Å². The van der Waals surface area contributed by atoms with E-state index in [2.05, 4.69) is 17.3 Å². The molecule has 5 heteroatoms. The molecule has 0 bridgehead atoms. The van der Waals surface area contributed by atoms with Crippen LogP contribution in [0.2, 0.25) is 0 Å². The summed E-state index contributed by atoms with van der Waals surface area (Å²) >= 11 is 0. The van der Waals surface area contributed by atoms with Gasteiger partial charge in [0.2, 0.25) is 0 Å². The van der Waals surface area contributed by atoms with Crippen LogP contribution in [0.4, 0.5) is 0 Å². The lowest BCUT2D eigenvalue weighted by molar-refractivity contribution is -0.146. The fourth-order valence-corrected chi connectivity index (χ4v) is 2.62. The Morgan fingerprint density at radius 2 is 2.25 bits per heavy atom. The highest BCUT2D eigenvalue weighted by Crippen LogP contribution is 2.14. The van der Waals surface area contributed by atoms with Gasteiger partial charge in [-0.3, -0.25) is 4.79 Å². The van der Waals surface area contributed by atoms with Crippen LogP contribution in [0.1, 0.15) is 33.6 Å². The van der Waals surface area contributed by atoms with Gasteiger partial charge in [0, 0.05) is 25.7 Å². The molecule has 0 aromatic carbocycles. The highest BCUT2D eigenvalue weighted by Gasteiger charge is 2.24. The van der Waals surface area contributed by atoms with Crippen molar-refractivity contribution in [2.75, 3.05) is 40.0 Å². The zero-order valence-corrected chi connectivity index (χ0v) is 13.4. The van der Waals surface area contributed by atoms with Gasteiger partial charge in [0.25, 0.3) is 0 Å². The number of likely N-dealkylation sites (N-methyl/N-ethyl adjacent to an activating group) is 1. The van der Waals surface area contributed by atoms with E-state index in [0.717, 1.165) is 26.2 Å². The first-order valence-corrected chi connectivity index (χ1v) is 7.71. The second-order valence-corrected chi connectivity index (χ2v) is 5.93. The Morgan fingerprint density at radius 1 is 1.50 bits per heavy atom. The van der Waals surface area contributed by atoms with Crippen LogP contribution in [0.3, 0.4) is 0 Å². The first kappa shape index (κ1) is 17.4. The molecule has 1 rings (SSSR count). The van der Waals surface area contributed by atoms with Crippen LogP contribution in [-0.4, -0.2) is 62.9 Å². The molecule has 0 amide bonds. The molecule has 1 aliphatic heterocycles. The smallest absolute Gasteiger partial charge is 0.324 e. The molecule has 0 aromatic heterocycles. The molecule has 0 saturated carbocycles. The van der Waals surface area contributed by atoms with Gasteiger partial charge in [0.15, 0.2) is 0 Å². The second kappa shape index (κ2) is 9.32. The Balaban J connectivity index is 2.43. The number of ether oxygens (including phenoxy) is 2. The number of esters is 1. The SMILES string of the molecule is CCOC(=O)C(CN(C)CC1CCCOC1)NC(C)C. The summed E-state index contributed by atoms with van der Waals surface area (Å²) in [5, 5.41) is 3.29. The largest absolute Gasteiger partial charge is 0.465 e. The summed E-state index contributed by atoms with van der Waals surface area (Å²) in [5.41, 5.74) is 0. The van der Waals surface area contributed by atoms with E-state index in [1.165, 1.54) is 6.42 Å². The highest BCUT2D eigenvalue weighted by atomic mass is 16.5. The molecule has 1 saturated heterocycles. The van der Waals surface area contributed by atoms with Crippen molar-refractivity contribution in [3.8, 4) is 0 Å². The Labute approximate surface area is 123 Å². The van der Waals surface area contributed by atoms with E-state index in [4.69, 9.17) is 9.47 Å². The molecular weight excluding hydrogens is 256 g/mol. The third kappa shape index (κ3) is 6.68. The first-order chi connectivity index (χ1) is 9.52. The van der Waals surface area contributed by atoms with Crippen molar-refractivity contribution in [1.29, 1.82) is 0 Å². The zero-order valence-electron chi connectivity index (χ0n) is 13.4. The molecule has 1 fully saturated rings. The molecule has 2 atom stereocenters. The highest BCUT2D eigenvalue weighted by molar-refractivity contribution is 5.76. The molecule has 5 nitrogen and oxygen atoms in total. The quantitative estimate of drug-likeness (QED) is 0.681. The van der Waals surface area contributed by atoms with Crippen molar-refractivity contribution < 1.29 is 14.3 Å². The van der Waals surface area contributed by atoms with Gasteiger partial charge >= 0.3 is 5.97 Å².